The second kappa shape index (κ2) is 5.08. The first-order valence-electron chi connectivity index (χ1n) is 6.05. The summed E-state index contributed by atoms with van der Waals surface area (Å²) in [5.74, 6) is -0.0795. The first-order valence-corrected chi connectivity index (χ1v) is 6.05. The van der Waals surface area contributed by atoms with Crippen molar-refractivity contribution in [1.82, 2.24) is 10.6 Å². The molecule has 3 amide bonds. The average molecular weight is 247 g/mol. The Morgan fingerprint density at radius 3 is 2.89 bits per heavy atom. The van der Waals surface area contributed by atoms with Crippen molar-refractivity contribution in [2.24, 2.45) is 0 Å². The zero-order valence-corrected chi connectivity index (χ0v) is 10.5. The van der Waals surface area contributed by atoms with Crippen LogP contribution in [0.1, 0.15) is 29.8 Å². The summed E-state index contributed by atoms with van der Waals surface area (Å²) >= 11 is 0. The Labute approximate surface area is 106 Å². The molecule has 1 aliphatic heterocycles. The second-order valence-corrected chi connectivity index (χ2v) is 4.63. The fourth-order valence-electron chi connectivity index (χ4n) is 1.92. The van der Waals surface area contributed by atoms with Gasteiger partial charge in [-0.3, -0.25) is 4.79 Å². The molecule has 0 radical (unpaired) electrons. The number of amides is 3. The molecule has 5 heteroatoms. The lowest BCUT2D eigenvalue weighted by Crippen LogP contribution is -2.35. The summed E-state index contributed by atoms with van der Waals surface area (Å²) in [6.45, 7) is 4.45. The molecule has 1 aromatic carbocycles. The predicted molar refractivity (Wildman–Crippen MR) is 69.8 cm³/mol. The van der Waals surface area contributed by atoms with E-state index in [1.54, 1.807) is 6.07 Å². The van der Waals surface area contributed by atoms with E-state index in [1.165, 1.54) is 0 Å². The molecule has 0 bridgehead atoms. The first kappa shape index (κ1) is 12.4. The normalized spacial score (nSPS) is 13.8. The molecule has 0 saturated carbocycles. The van der Waals surface area contributed by atoms with Crippen LogP contribution in [0.5, 0.6) is 0 Å². The zero-order chi connectivity index (χ0) is 13.1. The number of hydrogen-bond donors (Lipinski definition) is 3. The SMILES string of the molecule is CC(C)NC(=O)Nc1ccc2c(c1)C(=O)NCC2. The summed E-state index contributed by atoms with van der Waals surface area (Å²) < 4.78 is 0. The highest BCUT2D eigenvalue weighted by atomic mass is 16.2. The number of fused-ring (bicyclic) bond motifs is 1. The number of anilines is 1. The van der Waals surface area contributed by atoms with Crippen molar-refractivity contribution in [1.29, 1.82) is 0 Å². The number of benzene rings is 1. The summed E-state index contributed by atoms with van der Waals surface area (Å²) in [5, 5.41) is 8.23. The average Bonchev–Trinajstić information content (AvgIpc) is 2.29. The van der Waals surface area contributed by atoms with Crippen molar-refractivity contribution in [3.8, 4) is 0 Å². The van der Waals surface area contributed by atoms with Gasteiger partial charge in [0.15, 0.2) is 0 Å². The molecule has 5 nitrogen and oxygen atoms in total. The Bertz CT molecular complexity index is 483. The molecule has 3 N–H and O–H groups in total. The highest BCUT2D eigenvalue weighted by Crippen LogP contribution is 2.18. The molecule has 96 valence electrons. The molecular weight excluding hydrogens is 230 g/mol. The number of rotatable bonds is 2. The van der Waals surface area contributed by atoms with Crippen molar-refractivity contribution >= 4 is 17.6 Å². The van der Waals surface area contributed by atoms with Crippen molar-refractivity contribution < 1.29 is 9.59 Å². The maximum Gasteiger partial charge on any atom is 0.319 e. The van der Waals surface area contributed by atoms with E-state index in [9.17, 15) is 9.59 Å². The Kier molecular flexibility index (Phi) is 3.50. The Morgan fingerprint density at radius 1 is 1.39 bits per heavy atom. The van der Waals surface area contributed by atoms with Crippen LogP contribution in [-0.4, -0.2) is 24.5 Å². The standard InChI is InChI=1S/C13H17N3O2/c1-8(2)15-13(18)16-10-4-3-9-5-6-14-12(17)11(9)7-10/h3-4,7-8H,5-6H2,1-2H3,(H,14,17)(H2,15,16,18). The van der Waals surface area contributed by atoms with Crippen molar-refractivity contribution in [2.75, 3.05) is 11.9 Å². The van der Waals surface area contributed by atoms with Crippen LogP contribution in [0, 0.1) is 0 Å². The van der Waals surface area contributed by atoms with E-state index in [0.29, 0.717) is 17.8 Å². The Balaban J connectivity index is 2.13. The lowest BCUT2D eigenvalue weighted by atomic mass is 10.00. The molecule has 0 fully saturated rings. The maximum absolute atomic E-state index is 11.7. The number of urea groups is 1. The molecule has 0 aliphatic carbocycles. The van der Waals surface area contributed by atoms with Crippen LogP contribution in [0.3, 0.4) is 0 Å². The van der Waals surface area contributed by atoms with Gasteiger partial charge in [0, 0.05) is 23.8 Å². The van der Waals surface area contributed by atoms with Gasteiger partial charge in [-0.15, -0.1) is 0 Å². The number of carbonyl (C=O) groups excluding carboxylic acids is 2. The largest absolute Gasteiger partial charge is 0.352 e. The lowest BCUT2D eigenvalue weighted by Gasteiger charge is -2.17. The zero-order valence-electron chi connectivity index (χ0n) is 10.5. The molecule has 0 saturated heterocycles. The van der Waals surface area contributed by atoms with E-state index in [4.69, 9.17) is 0 Å². The number of carbonyl (C=O) groups is 2. The van der Waals surface area contributed by atoms with E-state index in [1.807, 2.05) is 26.0 Å². The van der Waals surface area contributed by atoms with E-state index in [-0.39, 0.29) is 18.0 Å². The quantitative estimate of drug-likeness (QED) is 0.741. The monoisotopic (exact) mass is 247 g/mol. The third-order valence-corrected chi connectivity index (χ3v) is 2.71. The fourth-order valence-corrected chi connectivity index (χ4v) is 1.92. The summed E-state index contributed by atoms with van der Waals surface area (Å²) in [7, 11) is 0. The third-order valence-electron chi connectivity index (χ3n) is 2.71. The van der Waals surface area contributed by atoms with E-state index in [0.717, 1.165) is 12.0 Å². The van der Waals surface area contributed by atoms with Gasteiger partial charge in [-0.25, -0.2) is 4.79 Å². The molecule has 0 aromatic heterocycles. The van der Waals surface area contributed by atoms with Gasteiger partial charge in [-0.2, -0.15) is 0 Å². The van der Waals surface area contributed by atoms with Crippen molar-refractivity contribution in [2.45, 2.75) is 26.3 Å². The summed E-state index contributed by atoms with van der Waals surface area (Å²) in [4.78, 5) is 23.2. The molecule has 2 rings (SSSR count). The van der Waals surface area contributed by atoms with Crippen LogP contribution < -0.4 is 16.0 Å². The van der Waals surface area contributed by atoms with Crippen LogP contribution in [-0.2, 0) is 6.42 Å². The van der Waals surface area contributed by atoms with Gasteiger partial charge < -0.3 is 16.0 Å². The van der Waals surface area contributed by atoms with Crippen LogP contribution in [0.15, 0.2) is 18.2 Å². The van der Waals surface area contributed by atoms with Gasteiger partial charge >= 0.3 is 6.03 Å². The maximum atomic E-state index is 11.7. The number of nitrogens with one attached hydrogen (secondary N) is 3. The second-order valence-electron chi connectivity index (χ2n) is 4.63. The molecule has 0 spiro atoms. The molecule has 0 unspecified atom stereocenters. The number of hydrogen-bond acceptors (Lipinski definition) is 2. The topological polar surface area (TPSA) is 70.2 Å². The highest BCUT2D eigenvalue weighted by Gasteiger charge is 2.17. The molecular formula is C13H17N3O2. The molecule has 1 aliphatic rings. The van der Waals surface area contributed by atoms with Crippen molar-refractivity contribution in [3.63, 3.8) is 0 Å². The van der Waals surface area contributed by atoms with E-state index >= 15 is 0 Å². The summed E-state index contributed by atoms with van der Waals surface area (Å²) in [5.41, 5.74) is 2.29. The minimum Gasteiger partial charge on any atom is -0.352 e. The first-order chi connectivity index (χ1) is 8.56. The minimum atomic E-state index is -0.263. The predicted octanol–water partition coefficient (Wildman–Crippen LogP) is 1.50. The summed E-state index contributed by atoms with van der Waals surface area (Å²) in [6, 6.07) is 5.23. The highest BCUT2D eigenvalue weighted by molar-refractivity contribution is 5.99. The van der Waals surface area contributed by atoms with Gasteiger partial charge in [0.05, 0.1) is 0 Å². The molecule has 0 atom stereocenters. The van der Waals surface area contributed by atoms with Gasteiger partial charge in [-0.1, -0.05) is 6.07 Å². The molecule has 18 heavy (non-hydrogen) atoms. The van der Waals surface area contributed by atoms with E-state index in [2.05, 4.69) is 16.0 Å². The summed E-state index contributed by atoms with van der Waals surface area (Å²) in [6.07, 6.45) is 0.833. The van der Waals surface area contributed by atoms with Crippen LogP contribution in [0.25, 0.3) is 0 Å². The van der Waals surface area contributed by atoms with Crippen LogP contribution in [0.2, 0.25) is 0 Å². The minimum absolute atomic E-state index is 0.0749. The van der Waals surface area contributed by atoms with E-state index < -0.39 is 0 Å². The Hall–Kier alpha value is -2.04. The van der Waals surface area contributed by atoms with Crippen molar-refractivity contribution in [3.05, 3.63) is 29.3 Å². The van der Waals surface area contributed by atoms with Gasteiger partial charge in [0.25, 0.3) is 5.91 Å². The molecule has 1 aromatic rings. The fraction of sp³-hybridized carbons (Fsp3) is 0.385. The molecule has 1 heterocycles. The Morgan fingerprint density at radius 2 is 2.17 bits per heavy atom. The van der Waals surface area contributed by atoms with Gasteiger partial charge in [0.2, 0.25) is 0 Å². The lowest BCUT2D eigenvalue weighted by molar-refractivity contribution is 0.0946. The third kappa shape index (κ3) is 2.80. The van der Waals surface area contributed by atoms with Gasteiger partial charge in [0.1, 0.15) is 0 Å². The van der Waals surface area contributed by atoms with Crippen LogP contribution in [0.4, 0.5) is 10.5 Å². The van der Waals surface area contributed by atoms with Gasteiger partial charge in [-0.05, 0) is 38.0 Å². The smallest absolute Gasteiger partial charge is 0.319 e. The van der Waals surface area contributed by atoms with Crippen LogP contribution >= 0.6 is 0 Å².